The highest BCUT2D eigenvalue weighted by molar-refractivity contribution is 14.1. The highest BCUT2D eigenvalue weighted by Crippen LogP contribution is 2.24. The Kier molecular flexibility index (Phi) is 4.60. The van der Waals surface area contributed by atoms with Gasteiger partial charge in [0.05, 0.1) is 8.49 Å². The molecule has 76 valence electrons. The zero-order valence-electron chi connectivity index (χ0n) is 7.37. The molecule has 0 N–H and O–H groups in total. The van der Waals surface area contributed by atoms with Crippen molar-refractivity contribution in [3.05, 3.63) is 37.4 Å². The highest BCUT2D eigenvalue weighted by atomic mass is 127. The number of alkyl halides is 1. The van der Waals surface area contributed by atoms with Gasteiger partial charge in [0.2, 0.25) is 0 Å². The smallest absolute Gasteiger partial charge is 0.258 e. The summed E-state index contributed by atoms with van der Waals surface area (Å²) in [5, 5.41) is 10.6. The van der Waals surface area contributed by atoms with E-state index in [0.29, 0.717) is 5.88 Å². The van der Waals surface area contributed by atoms with Crippen molar-refractivity contribution < 1.29 is 4.92 Å². The molecule has 0 saturated carbocycles. The maximum Gasteiger partial charge on any atom is 0.282 e. The van der Waals surface area contributed by atoms with Gasteiger partial charge in [-0.3, -0.25) is 10.1 Å². The number of rotatable bonds is 4. The van der Waals surface area contributed by atoms with Crippen LogP contribution in [0.3, 0.4) is 0 Å². The van der Waals surface area contributed by atoms with Gasteiger partial charge in [-0.25, -0.2) is 0 Å². The first-order chi connectivity index (χ1) is 6.66. The van der Waals surface area contributed by atoms with Crippen LogP contribution in [-0.2, 0) is 6.42 Å². The molecule has 0 radical (unpaired) electrons. The molecule has 0 spiro atoms. The second-order valence-corrected chi connectivity index (χ2v) is 4.26. The number of hydrogen-bond acceptors (Lipinski definition) is 2. The first-order valence-corrected chi connectivity index (χ1v) is 5.76. The standard InChI is InChI=1S/C9H9ClINO2/c10-6-2-4-7-3-1-5-8(9(7)11)12(13)14/h1,3,5H,2,4,6H2. The zero-order valence-corrected chi connectivity index (χ0v) is 10.3. The van der Waals surface area contributed by atoms with E-state index in [-0.39, 0.29) is 10.6 Å². The molecule has 5 heteroatoms. The lowest BCUT2D eigenvalue weighted by Crippen LogP contribution is -1.96. The lowest BCUT2D eigenvalue weighted by atomic mass is 10.1. The topological polar surface area (TPSA) is 43.1 Å². The van der Waals surface area contributed by atoms with Crippen LogP contribution in [-0.4, -0.2) is 10.8 Å². The lowest BCUT2D eigenvalue weighted by Gasteiger charge is -2.03. The van der Waals surface area contributed by atoms with Crippen molar-refractivity contribution in [1.29, 1.82) is 0 Å². The fourth-order valence-electron chi connectivity index (χ4n) is 1.16. The van der Waals surface area contributed by atoms with Crippen molar-refractivity contribution in [2.75, 3.05) is 5.88 Å². The number of aryl methyl sites for hydroxylation is 1. The van der Waals surface area contributed by atoms with E-state index in [9.17, 15) is 10.1 Å². The number of nitrogens with zero attached hydrogens (tertiary/aromatic N) is 1. The van der Waals surface area contributed by atoms with Crippen LogP contribution in [0.4, 0.5) is 5.69 Å². The second-order valence-electron chi connectivity index (χ2n) is 2.80. The van der Waals surface area contributed by atoms with Crippen molar-refractivity contribution in [3.63, 3.8) is 0 Å². The first kappa shape index (κ1) is 11.7. The average molecular weight is 326 g/mol. The molecule has 0 saturated heterocycles. The Morgan fingerprint density at radius 3 is 2.79 bits per heavy atom. The van der Waals surface area contributed by atoms with E-state index in [4.69, 9.17) is 11.6 Å². The van der Waals surface area contributed by atoms with Gasteiger partial charge in [0.25, 0.3) is 5.69 Å². The third-order valence-electron chi connectivity index (χ3n) is 1.83. The number of halogens is 2. The van der Waals surface area contributed by atoms with Crippen molar-refractivity contribution in [3.8, 4) is 0 Å². The largest absolute Gasteiger partial charge is 0.282 e. The molecule has 1 rings (SSSR count). The third kappa shape index (κ3) is 2.81. The monoisotopic (exact) mass is 325 g/mol. The van der Waals surface area contributed by atoms with Crippen LogP contribution in [0.2, 0.25) is 0 Å². The van der Waals surface area contributed by atoms with E-state index < -0.39 is 0 Å². The summed E-state index contributed by atoms with van der Waals surface area (Å²) in [7, 11) is 0. The highest BCUT2D eigenvalue weighted by Gasteiger charge is 2.13. The summed E-state index contributed by atoms with van der Waals surface area (Å²) in [6, 6.07) is 5.14. The van der Waals surface area contributed by atoms with Gasteiger partial charge in [-0.1, -0.05) is 12.1 Å². The Balaban J connectivity index is 2.95. The van der Waals surface area contributed by atoms with Gasteiger partial charge in [0, 0.05) is 11.9 Å². The Bertz CT molecular complexity index is 344. The van der Waals surface area contributed by atoms with Gasteiger partial charge in [0.1, 0.15) is 0 Å². The fraction of sp³-hybridized carbons (Fsp3) is 0.333. The van der Waals surface area contributed by atoms with Crippen LogP contribution < -0.4 is 0 Å². The molecule has 3 nitrogen and oxygen atoms in total. The number of nitro benzene ring substituents is 1. The second kappa shape index (κ2) is 5.50. The molecular weight excluding hydrogens is 316 g/mol. The van der Waals surface area contributed by atoms with E-state index in [1.165, 1.54) is 6.07 Å². The van der Waals surface area contributed by atoms with Crippen molar-refractivity contribution in [2.24, 2.45) is 0 Å². The molecule has 0 aromatic heterocycles. The van der Waals surface area contributed by atoms with E-state index in [2.05, 4.69) is 0 Å². The average Bonchev–Trinajstić information content (AvgIpc) is 2.16. The molecule has 14 heavy (non-hydrogen) atoms. The minimum absolute atomic E-state index is 0.178. The predicted molar refractivity (Wildman–Crippen MR) is 64.9 cm³/mol. The Morgan fingerprint density at radius 1 is 1.50 bits per heavy atom. The minimum atomic E-state index is -0.355. The van der Waals surface area contributed by atoms with Crippen LogP contribution in [0.15, 0.2) is 18.2 Å². The van der Waals surface area contributed by atoms with Crippen molar-refractivity contribution >= 4 is 39.9 Å². The predicted octanol–water partition coefficient (Wildman–Crippen LogP) is 3.37. The third-order valence-corrected chi connectivity index (χ3v) is 3.35. The number of nitro groups is 1. The van der Waals surface area contributed by atoms with Crippen molar-refractivity contribution in [1.82, 2.24) is 0 Å². The molecule has 0 heterocycles. The van der Waals surface area contributed by atoms with Gasteiger partial charge in [-0.2, -0.15) is 0 Å². The summed E-state index contributed by atoms with van der Waals surface area (Å²) in [4.78, 5) is 10.3. The van der Waals surface area contributed by atoms with Gasteiger partial charge >= 0.3 is 0 Å². The van der Waals surface area contributed by atoms with Gasteiger partial charge in [0.15, 0.2) is 0 Å². The lowest BCUT2D eigenvalue weighted by molar-refractivity contribution is -0.385. The molecule has 0 fully saturated rings. The number of benzene rings is 1. The summed E-state index contributed by atoms with van der Waals surface area (Å²) < 4.78 is 0.722. The van der Waals surface area contributed by atoms with Gasteiger partial charge in [-0.15, -0.1) is 11.6 Å². The molecule has 0 bridgehead atoms. The Hall–Kier alpha value is -0.360. The molecule has 0 aliphatic rings. The molecule has 0 aliphatic heterocycles. The van der Waals surface area contributed by atoms with Crippen LogP contribution >= 0.6 is 34.2 Å². The van der Waals surface area contributed by atoms with E-state index in [1.807, 2.05) is 28.7 Å². The summed E-state index contributed by atoms with van der Waals surface area (Å²) in [6.45, 7) is 0. The molecule has 1 aromatic rings. The first-order valence-electron chi connectivity index (χ1n) is 4.14. The summed E-state index contributed by atoms with van der Waals surface area (Å²) in [6.07, 6.45) is 1.64. The SMILES string of the molecule is O=[N+]([O-])c1cccc(CCCCl)c1I. The van der Waals surface area contributed by atoms with E-state index in [0.717, 1.165) is 22.0 Å². The van der Waals surface area contributed by atoms with Crippen LogP contribution in [0.1, 0.15) is 12.0 Å². The normalized spacial score (nSPS) is 10.1. The molecule has 0 unspecified atom stereocenters. The fourth-order valence-corrected chi connectivity index (χ4v) is 2.12. The maximum atomic E-state index is 10.6. The minimum Gasteiger partial charge on any atom is -0.258 e. The van der Waals surface area contributed by atoms with Gasteiger partial charge < -0.3 is 0 Å². The summed E-state index contributed by atoms with van der Waals surface area (Å²) in [5.41, 5.74) is 1.18. The van der Waals surface area contributed by atoms with Crippen LogP contribution in [0, 0.1) is 13.7 Å². The molecule has 0 atom stereocenters. The zero-order chi connectivity index (χ0) is 10.6. The molecule has 0 amide bonds. The van der Waals surface area contributed by atoms with Crippen LogP contribution in [0.5, 0.6) is 0 Å². The van der Waals surface area contributed by atoms with Crippen LogP contribution in [0.25, 0.3) is 0 Å². The van der Waals surface area contributed by atoms with E-state index >= 15 is 0 Å². The van der Waals surface area contributed by atoms with Gasteiger partial charge in [-0.05, 0) is 41.0 Å². The van der Waals surface area contributed by atoms with E-state index in [1.54, 1.807) is 6.07 Å². The Morgan fingerprint density at radius 2 is 2.21 bits per heavy atom. The summed E-state index contributed by atoms with van der Waals surface area (Å²) in [5.74, 6) is 0.582. The summed E-state index contributed by atoms with van der Waals surface area (Å²) >= 11 is 7.58. The number of hydrogen-bond donors (Lipinski definition) is 0. The Labute approximate surface area is 101 Å². The maximum absolute atomic E-state index is 10.6. The quantitative estimate of drug-likeness (QED) is 0.369. The molecule has 1 aromatic carbocycles. The van der Waals surface area contributed by atoms with Crippen molar-refractivity contribution in [2.45, 2.75) is 12.8 Å². The molecule has 0 aliphatic carbocycles. The molecular formula is C9H9ClINO2.